The maximum Gasteiger partial charge on any atom is 0.268 e. The van der Waals surface area contributed by atoms with E-state index in [-0.39, 0.29) is 17.8 Å². The van der Waals surface area contributed by atoms with E-state index in [1.807, 2.05) is 19.0 Å². The van der Waals surface area contributed by atoms with Gasteiger partial charge in [0, 0.05) is 26.2 Å². The highest BCUT2D eigenvalue weighted by Crippen LogP contribution is 2.29. The van der Waals surface area contributed by atoms with Gasteiger partial charge in [-0.15, -0.1) is 0 Å². The summed E-state index contributed by atoms with van der Waals surface area (Å²) in [4.78, 5) is 20.8. The fourth-order valence-electron chi connectivity index (χ4n) is 2.46. The molecule has 20 heavy (non-hydrogen) atoms. The number of hydrogen-bond donors (Lipinski definition) is 3. The molecule has 0 saturated carbocycles. The van der Waals surface area contributed by atoms with Crippen LogP contribution >= 0.6 is 11.3 Å². The van der Waals surface area contributed by atoms with Crippen molar-refractivity contribution in [3.05, 3.63) is 4.88 Å². The van der Waals surface area contributed by atoms with Crippen LogP contribution in [0.2, 0.25) is 0 Å². The number of rotatable bonds is 4. The smallest absolute Gasteiger partial charge is 0.268 e. The fourth-order valence-corrected chi connectivity index (χ4v) is 3.25. The number of likely N-dealkylation sites (N-methyl/N-ethyl adjacent to an activating group) is 1. The van der Waals surface area contributed by atoms with Crippen LogP contribution in [0, 0.1) is 0 Å². The zero-order valence-corrected chi connectivity index (χ0v) is 12.8. The van der Waals surface area contributed by atoms with Gasteiger partial charge in [0.05, 0.1) is 6.10 Å². The van der Waals surface area contributed by atoms with Crippen LogP contribution < -0.4 is 11.1 Å². The minimum atomic E-state index is -0.471. The van der Waals surface area contributed by atoms with Crippen molar-refractivity contribution in [2.75, 3.05) is 45.3 Å². The second kappa shape index (κ2) is 5.94. The number of nitrogens with two attached hydrogens (primary N) is 1. The molecule has 1 saturated heterocycles. The number of nitrogens with one attached hydrogen (secondary N) is 1. The quantitative estimate of drug-likeness (QED) is 0.719. The van der Waals surface area contributed by atoms with E-state index in [4.69, 9.17) is 5.73 Å². The number of thiazole rings is 1. The van der Waals surface area contributed by atoms with Gasteiger partial charge in [0.25, 0.3) is 5.91 Å². The summed E-state index contributed by atoms with van der Waals surface area (Å²) in [6.07, 6.45) is 0.128. The van der Waals surface area contributed by atoms with E-state index in [1.165, 1.54) is 11.3 Å². The molecule has 0 aliphatic carbocycles. The van der Waals surface area contributed by atoms with Gasteiger partial charge >= 0.3 is 0 Å². The molecule has 112 valence electrons. The summed E-state index contributed by atoms with van der Waals surface area (Å²) in [6.45, 7) is 1.07. The second-order valence-corrected chi connectivity index (χ2v) is 6.25. The van der Waals surface area contributed by atoms with Crippen molar-refractivity contribution in [3.8, 4) is 0 Å². The van der Waals surface area contributed by atoms with Crippen LogP contribution in [0.5, 0.6) is 0 Å². The Hall–Kier alpha value is -1.38. The number of β-amino-alcohol motifs (C(OH)–C–C–N with tert-alkyl or cyclic N) is 1. The monoisotopic (exact) mass is 299 g/mol. The lowest BCUT2D eigenvalue weighted by Gasteiger charge is -2.26. The Kier molecular flexibility index (Phi) is 4.46. The topological polar surface area (TPSA) is 94.7 Å². The molecule has 0 bridgehead atoms. The molecule has 4 N–H and O–H groups in total. The van der Waals surface area contributed by atoms with Gasteiger partial charge in [0.15, 0.2) is 5.13 Å². The van der Waals surface area contributed by atoms with E-state index in [9.17, 15) is 9.90 Å². The van der Waals surface area contributed by atoms with E-state index in [0.717, 1.165) is 6.54 Å². The Balaban J connectivity index is 2.19. The van der Waals surface area contributed by atoms with Crippen molar-refractivity contribution in [1.82, 2.24) is 14.8 Å². The Morgan fingerprint density at radius 3 is 2.90 bits per heavy atom. The predicted molar refractivity (Wildman–Crippen MR) is 80.1 cm³/mol. The number of nitrogens with zero attached hydrogens (tertiary/aromatic N) is 3. The first-order valence-electron chi connectivity index (χ1n) is 6.50. The van der Waals surface area contributed by atoms with E-state index in [2.05, 4.69) is 10.3 Å². The average Bonchev–Trinajstić information content (AvgIpc) is 2.91. The third-order valence-electron chi connectivity index (χ3n) is 3.29. The number of anilines is 2. The fraction of sp³-hybridized carbons (Fsp3) is 0.667. The zero-order valence-electron chi connectivity index (χ0n) is 12.0. The summed E-state index contributed by atoms with van der Waals surface area (Å²) in [5, 5.41) is 13.3. The summed E-state index contributed by atoms with van der Waals surface area (Å²) in [7, 11) is 5.64. The average molecular weight is 299 g/mol. The Bertz CT molecular complexity index is 490. The minimum Gasteiger partial charge on any atom is -0.391 e. The van der Waals surface area contributed by atoms with E-state index in [0.29, 0.717) is 23.0 Å². The van der Waals surface area contributed by atoms with Gasteiger partial charge in [0.2, 0.25) is 0 Å². The number of aliphatic hydroxyl groups excluding tert-OH is 1. The van der Waals surface area contributed by atoms with Crippen LogP contribution in [0.1, 0.15) is 16.1 Å². The third-order valence-corrected chi connectivity index (χ3v) is 4.37. The summed E-state index contributed by atoms with van der Waals surface area (Å²) in [5.74, 6) is 0.0965. The van der Waals surface area contributed by atoms with Gasteiger partial charge < -0.3 is 26.0 Å². The van der Waals surface area contributed by atoms with Crippen molar-refractivity contribution >= 4 is 28.2 Å². The molecule has 2 atom stereocenters. The molecule has 1 aromatic heterocycles. The van der Waals surface area contributed by atoms with Crippen LogP contribution in [-0.2, 0) is 0 Å². The lowest BCUT2D eigenvalue weighted by molar-refractivity contribution is 0.0705. The molecule has 0 aromatic carbocycles. The second-order valence-electron chi connectivity index (χ2n) is 5.25. The molecule has 1 amide bonds. The number of aliphatic hydroxyl groups is 1. The van der Waals surface area contributed by atoms with E-state index < -0.39 is 6.10 Å². The molecule has 0 radical (unpaired) electrons. The number of aromatic nitrogens is 1. The standard InChI is InChI=1S/C12H21N5O2S/c1-14-12-15-10(13)9(20-12)11(19)17-6-8(18)4-7(17)5-16(2)3/h7-8,18H,4-6,13H2,1-3H3,(H,14,15). The van der Waals surface area contributed by atoms with Crippen LogP contribution in [0.3, 0.4) is 0 Å². The van der Waals surface area contributed by atoms with Crippen molar-refractivity contribution < 1.29 is 9.90 Å². The van der Waals surface area contributed by atoms with E-state index in [1.54, 1.807) is 11.9 Å². The minimum absolute atomic E-state index is 0.00651. The number of carbonyl (C=O) groups is 1. The van der Waals surface area contributed by atoms with Gasteiger partial charge in [-0.05, 0) is 20.5 Å². The summed E-state index contributed by atoms with van der Waals surface area (Å²) >= 11 is 1.24. The SMILES string of the molecule is CNc1nc(N)c(C(=O)N2CC(O)CC2CN(C)C)s1. The van der Waals surface area contributed by atoms with Gasteiger partial charge in [-0.3, -0.25) is 4.79 Å². The highest BCUT2D eigenvalue weighted by molar-refractivity contribution is 7.18. The van der Waals surface area contributed by atoms with Gasteiger partial charge in [-0.1, -0.05) is 11.3 Å². The van der Waals surface area contributed by atoms with Crippen LogP contribution in [-0.4, -0.2) is 72.2 Å². The summed E-state index contributed by atoms with van der Waals surface area (Å²) < 4.78 is 0. The predicted octanol–water partition coefficient (Wildman–Crippen LogP) is -0.0960. The lowest BCUT2D eigenvalue weighted by atomic mass is 10.2. The highest BCUT2D eigenvalue weighted by Gasteiger charge is 2.36. The largest absolute Gasteiger partial charge is 0.391 e. The summed E-state index contributed by atoms with van der Waals surface area (Å²) in [6, 6.07) is 0.00651. The lowest BCUT2D eigenvalue weighted by Crippen LogP contribution is -2.41. The van der Waals surface area contributed by atoms with Crippen LogP contribution in [0.25, 0.3) is 0 Å². The van der Waals surface area contributed by atoms with Gasteiger partial charge in [-0.2, -0.15) is 0 Å². The maximum absolute atomic E-state index is 12.6. The summed E-state index contributed by atoms with van der Waals surface area (Å²) in [5.41, 5.74) is 5.81. The van der Waals surface area contributed by atoms with Gasteiger partial charge in [0.1, 0.15) is 10.7 Å². The molecule has 1 aliphatic heterocycles. The number of likely N-dealkylation sites (tertiary alicyclic amines) is 1. The molecule has 2 unspecified atom stereocenters. The third kappa shape index (κ3) is 3.02. The van der Waals surface area contributed by atoms with Gasteiger partial charge in [-0.25, -0.2) is 4.98 Å². The Labute approximate surface area is 122 Å². The molecular weight excluding hydrogens is 278 g/mol. The normalized spacial score (nSPS) is 22.6. The first-order valence-corrected chi connectivity index (χ1v) is 7.31. The molecule has 2 rings (SSSR count). The molecule has 2 heterocycles. The molecule has 1 aliphatic rings. The van der Waals surface area contributed by atoms with Crippen molar-refractivity contribution in [2.45, 2.75) is 18.6 Å². The van der Waals surface area contributed by atoms with Crippen molar-refractivity contribution in [2.24, 2.45) is 0 Å². The molecule has 8 heteroatoms. The maximum atomic E-state index is 12.6. The zero-order chi connectivity index (χ0) is 14.9. The molecule has 1 fully saturated rings. The van der Waals surface area contributed by atoms with Crippen LogP contribution in [0.4, 0.5) is 10.9 Å². The molecule has 1 aromatic rings. The molecule has 7 nitrogen and oxygen atoms in total. The van der Waals surface area contributed by atoms with Crippen LogP contribution in [0.15, 0.2) is 0 Å². The Morgan fingerprint density at radius 2 is 2.35 bits per heavy atom. The number of hydrogen-bond acceptors (Lipinski definition) is 7. The number of carbonyl (C=O) groups excluding carboxylic acids is 1. The van der Waals surface area contributed by atoms with Crippen molar-refractivity contribution in [1.29, 1.82) is 0 Å². The van der Waals surface area contributed by atoms with Crippen molar-refractivity contribution in [3.63, 3.8) is 0 Å². The first-order chi connectivity index (χ1) is 9.42. The first kappa shape index (κ1) is 15.0. The highest BCUT2D eigenvalue weighted by atomic mass is 32.1. The number of nitrogen functional groups attached to an aromatic ring is 1. The molecular formula is C12H21N5O2S. The number of amides is 1. The van der Waals surface area contributed by atoms with E-state index >= 15 is 0 Å². The molecule has 0 spiro atoms. The Morgan fingerprint density at radius 1 is 1.65 bits per heavy atom.